The van der Waals surface area contributed by atoms with Crippen molar-refractivity contribution in [1.29, 1.82) is 0 Å². The van der Waals surface area contributed by atoms with E-state index in [1.54, 1.807) is 11.3 Å². The summed E-state index contributed by atoms with van der Waals surface area (Å²) >= 11 is 1.75. The monoisotopic (exact) mass is 288 g/mol. The Balaban J connectivity index is 2.04. The Kier molecular flexibility index (Phi) is 5.74. The maximum Gasteiger partial charge on any atom is 0.0794 e. The van der Waals surface area contributed by atoms with Crippen LogP contribution in [0.15, 0.2) is 36.0 Å². The second-order valence-electron chi connectivity index (χ2n) is 5.83. The summed E-state index contributed by atoms with van der Waals surface area (Å²) in [7, 11) is 0. The molecule has 1 atom stereocenters. The molecule has 0 saturated carbocycles. The third-order valence-corrected chi connectivity index (χ3v) is 4.23. The number of aryl methyl sites for hydroxylation is 1. The van der Waals surface area contributed by atoms with Crippen molar-refractivity contribution in [3.63, 3.8) is 0 Å². The predicted molar refractivity (Wildman–Crippen MR) is 87.4 cm³/mol. The molecule has 0 bridgehead atoms. The lowest BCUT2D eigenvalue weighted by molar-refractivity contribution is 0.515. The number of nitrogens with one attached hydrogen (secondary N) is 1. The van der Waals surface area contributed by atoms with Gasteiger partial charge in [0, 0.05) is 23.5 Å². The molecule has 0 aliphatic rings. The molecule has 0 amide bonds. The van der Waals surface area contributed by atoms with E-state index in [1.165, 1.54) is 16.0 Å². The highest BCUT2D eigenvalue weighted by Gasteiger charge is 2.13. The standard InChI is InChI=1S/C17H24N2S/c1-13(2)9-18-10-16(8-17-11-19-12-20-17)15-6-4-14(3)5-7-15/h4-7,11-13,16,18H,8-10H2,1-3H3. The number of nitrogens with zero attached hydrogens (tertiary/aromatic N) is 1. The first-order valence-corrected chi connectivity index (χ1v) is 8.17. The average molecular weight is 288 g/mol. The molecule has 1 unspecified atom stereocenters. The third kappa shape index (κ3) is 4.73. The number of benzene rings is 1. The van der Waals surface area contributed by atoms with Gasteiger partial charge in [-0.2, -0.15) is 0 Å². The van der Waals surface area contributed by atoms with Crippen molar-refractivity contribution in [2.75, 3.05) is 13.1 Å². The smallest absolute Gasteiger partial charge is 0.0794 e. The van der Waals surface area contributed by atoms with Gasteiger partial charge >= 0.3 is 0 Å². The second-order valence-corrected chi connectivity index (χ2v) is 6.80. The molecule has 0 aliphatic heterocycles. The summed E-state index contributed by atoms with van der Waals surface area (Å²) in [6.07, 6.45) is 3.06. The molecule has 2 aromatic rings. The average Bonchev–Trinajstić information content (AvgIpc) is 2.91. The Morgan fingerprint density at radius 3 is 2.50 bits per heavy atom. The molecule has 1 N–H and O–H groups in total. The lowest BCUT2D eigenvalue weighted by Crippen LogP contribution is -2.26. The first-order valence-electron chi connectivity index (χ1n) is 7.30. The Labute approximate surface area is 126 Å². The Hall–Kier alpha value is -1.19. The number of thiazole rings is 1. The molecule has 2 nitrogen and oxygen atoms in total. The Bertz CT molecular complexity index is 488. The van der Waals surface area contributed by atoms with Crippen LogP contribution in [0.4, 0.5) is 0 Å². The van der Waals surface area contributed by atoms with Crippen LogP contribution >= 0.6 is 11.3 Å². The molecule has 1 aromatic heterocycles. The van der Waals surface area contributed by atoms with Gasteiger partial charge in [-0.1, -0.05) is 43.7 Å². The quantitative estimate of drug-likeness (QED) is 0.832. The highest BCUT2D eigenvalue weighted by Crippen LogP contribution is 2.22. The fourth-order valence-electron chi connectivity index (χ4n) is 2.28. The molecule has 0 saturated heterocycles. The normalized spacial score (nSPS) is 12.8. The molecular weight excluding hydrogens is 264 g/mol. The van der Waals surface area contributed by atoms with Crippen LogP contribution in [0.1, 0.15) is 35.8 Å². The summed E-state index contributed by atoms with van der Waals surface area (Å²) in [4.78, 5) is 5.55. The largest absolute Gasteiger partial charge is 0.316 e. The van der Waals surface area contributed by atoms with Crippen LogP contribution in [-0.2, 0) is 6.42 Å². The summed E-state index contributed by atoms with van der Waals surface area (Å²) in [6.45, 7) is 8.73. The summed E-state index contributed by atoms with van der Waals surface area (Å²) in [6, 6.07) is 8.94. The Morgan fingerprint density at radius 2 is 1.90 bits per heavy atom. The van der Waals surface area contributed by atoms with E-state index in [1.807, 2.05) is 11.7 Å². The van der Waals surface area contributed by atoms with Crippen molar-refractivity contribution >= 4 is 11.3 Å². The number of aromatic nitrogens is 1. The van der Waals surface area contributed by atoms with Gasteiger partial charge in [0.15, 0.2) is 0 Å². The van der Waals surface area contributed by atoms with Crippen LogP contribution in [0.5, 0.6) is 0 Å². The van der Waals surface area contributed by atoms with Gasteiger partial charge in [-0.15, -0.1) is 11.3 Å². The number of hydrogen-bond acceptors (Lipinski definition) is 3. The maximum absolute atomic E-state index is 4.19. The molecule has 0 spiro atoms. The minimum absolute atomic E-state index is 0.523. The van der Waals surface area contributed by atoms with Gasteiger partial charge in [0.1, 0.15) is 0 Å². The van der Waals surface area contributed by atoms with Crippen LogP contribution in [0.25, 0.3) is 0 Å². The topological polar surface area (TPSA) is 24.9 Å². The van der Waals surface area contributed by atoms with Crippen LogP contribution < -0.4 is 5.32 Å². The van der Waals surface area contributed by atoms with Crippen LogP contribution in [0.2, 0.25) is 0 Å². The fraction of sp³-hybridized carbons (Fsp3) is 0.471. The van der Waals surface area contributed by atoms with Crippen molar-refractivity contribution in [2.45, 2.75) is 33.1 Å². The molecule has 108 valence electrons. The minimum Gasteiger partial charge on any atom is -0.316 e. The molecule has 2 rings (SSSR count). The zero-order valence-corrected chi connectivity index (χ0v) is 13.4. The van der Waals surface area contributed by atoms with Gasteiger partial charge in [-0.25, -0.2) is 0 Å². The molecule has 20 heavy (non-hydrogen) atoms. The van der Waals surface area contributed by atoms with Crippen molar-refractivity contribution in [2.24, 2.45) is 5.92 Å². The first-order chi connectivity index (χ1) is 9.65. The van der Waals surface area contributed by atoms with E-state index in [-0.39, 0.29) is 0 Å². The van der Waals surface area contributed by atoms with Crippen molar-refractivity contribution in [3.8, 4) is 0 Å². The van der Waals surface area contributed by atoms with Crippen LogP contribution in [0, 0.1) is 12.8 Å². The molecule has 1 heterocycles. The van der Waals surface area contributed by atoms with Crippen molar-refractivity contribution in [1.82, 2.24) is 10.3 Å². The fourth-order valence-corrected chi connectivity index (χ4v) is 2.95. The van der Waals surface area contributed by atoms with Gasteiger partial charge < -0.3 is 5.32 Å². The van der Waals surface area contributed by atoms with E-state index >= 15 is 0 Å². The van der Waals surface area contributed by atoms with Gasteiger partial charge in [-0.3, -0.25) is 4.98 Å². The first kappa shape index (κ1) is 15.2. The Morgan fingerprint density at radius 1 is 1.15 bits per heavy atom. The van der Waals surface area contributed by atoms with Crippen LogP contribution in [-0.4, -0.2) is 18.1 Å². The van der Waals surface area contributed by atoms with Gasteiger partial charge in [0.2, 0.25) is 0 Å². The molecular formula is C17H24N2S. The van der Waals surface area contributed by atoms with E-state index in [9.17, 15) is 0 Å². The minimum atomic E-state index is 0.523. The molecule has 0 radical (unpaired) electrons. The van der Waals surface area contributed by atoms with Gasteiger partial charge in [0.05, 0.1) is 5.51 Å². The lowest BCUT2D eigenvalue weighted by atomic mass is 9.94. The van der Waals surface area contributed by atoms with Crippen molar-refractivity contribution in [3.05, 3.63) is 52.0 Å². The van der Waals surface area contributed by atoms with E-state index in [2.05, 4.69) is 55.3 Å². The maximum atomic E-state index is 4.19. The van der Waals surface area contributed by atoms with E-state index in [0.29, 0.717) is 11.8 Å². The molecule has 1 aromatic carbocycles. The summed E-state index contributed by atoms with van der Waals surface area (Å²) in [5.41, 5.74) is 4.66. The van der Waals surface area contributed by atoms with Crippen molar-refractivity contribution < 1.29 is 0 Å². The highest BCUT2D eigenvalue weighted by atomic mass is 32.1. The molecule has 3 heteroatoms. The summed E-state index contributed by atoms with van der Waals surface area (Å²) in [5, 5.41) is 3.59. The predicted octanol–water partition coefficient (Wildman–Crippen LogP) is 4.02. The summed E-state index contributed by atoms with van der Waals surface area (Å²) < 4.78 is 0. The zero-order valence-electron chi connectivity index (χ0n) is 12.6. The number of hydrogen-bond donors (Lipinski definition) is 1. The SMILES string of the molecule is Cc1ccc(C(CNCC(C)C)Cc2cncs2)cc1. The number of rotatable bonds is 7. The second kappa shape index (κ2) is 7.55. The summed E-state index contributed by atoms with van der Waals surface area (Å²) in [5.74, 6) is 1.21. The third-order valence-electron chi connectivity index (χ3n) is 3.42. The molecule has 0 fully saturated rings. The molecule has 0 aliphatic carbocycles. The zero-order chi connectivity index (χ0) is 14.4. The lowest BCUT2D eigenvalue weighted by Gasteiger charge is -2.18. The van der Waals surface area contributed by atoms with E-state index in [0.717, 1.165) is 19.5 Å². The van der Waals surface area contributed by atoms with E-state index in [4.69, 9.17) is 0 Å². The van der Waals surface area contributed by atoms with Crippen LogP contribution in [0.3, 0.4) is 0 Å². The van der Waals surface area contributed by atoms with Gasteiger partial charge in [-0.05, 0) is 31.4 Å². The van der Waals surface area contributed by atoms with E-state index < -0.39 is 0 Å². The van der Waals surface area contributed by atoms with Gasteiger partial charge in [0.25, 0.3) is 0 Å². The highest BCUT2D eigenvalue weighted by molar-refractivity contribution is 7.09.